The Labute approximate surface area is 118 Å². The number of halogens is 3. The Kier molecular flexibility index (Phi) is 5.28. The molecule has 0 N–H and O–H groups in total. The first-order chi connectivity index (χ1) is 8.72. The van der Waals surface area contributed by atoms with Gasteiger partial charge in [-0.3, -0.25) is 4.90 Å². The third kappa shape index (κ3) is 3.37. The van der Waals surface area contributed by atoms with Gasteiger partial charge in [-0.05, 0) is 31.9 Å². The quantitative estimate of drug-likeness (QED) is 0.740. The number of nitrogens with zero attached hydrogens (tertiary/aromatic N) is 1. The first-order valence-electron chi connectivity index (χ1n) is 6.45. The second-order valence-electron chi connectivity index (χ2n) is 4.81. The maximum absolute atomic E-state index is 13.9. The van der Waals surface area contributed by atoms with Crippen LogP contribution in [0.1, 0.15) is 31.2 Å². The lowest BCUT2D eigenvalue weighted by Crippen LogP contribution is -2.39. The molecule has 0 amide bonds. The van der Waals surface area contributed by atoms with Crippen LogP contribution in [0.25, 0.3) is 0 Å². The minimum absolute atomic E-state index is 0.207. The van der Waals surface area contributed by atoms with Gasteiger partial charge < -0.3 is 0 Å². The Morgan fingerprint density at radius 1 is 1.33 bits per heavy atom. The van der Waals surface area contributed by atoms with Crippen LogP contribution in [0.15, 0.2) is 18.2 Å². The molecule has 1 fully saturated rings. The average Bonchev–Trinajstić information content (AvgIpc) is 2.37. The van der Waals surface area contributed by atoms with Crippen LogP contribution in [0.4, 0.5) is 4.39 Å². The molecule has 0 aliphatic carbocycles. The van der Waals surface area contributed by atoms with Crippen LogP contribution in [0, 0.1) is 5.82 Å². The molecular formula is C14H18Cl2FN. The Morgan fingerprint density at radius 3 is 2.94 bits per heavy atom. The van der Waals surface area contributed by atoms with Crippen molar-refractivity contribution in [2.75, 3.05) is 12.4 Å². The Balaban J connectivity index is 2.08. The zero-order valence-corrected chi connectivity index (χ0v) is 11.9. The van der Waals surface area contributed by atoms with Gasteiger partial charge in [0, 0.05) is 24.0 Å². The Hall–Kier alpha value is -0.310. The van der Waals surface area contributed by atoms with Crippen LogP contribution in [0.2, 0.25) is 5.02 Å². The van der Waals surface area contributed by atoms with Crippen molar-refractivity contribution in [1.82, 2.24) is 4.90 Å². The average molecular weight is 290 g/mol. The molecule has 0 bridgehead atoms. The molecule has 1 unspecified atom stereocenters. The van der Waals surface area contributed by atoms with Gasteiger partial charge in [-0.25, -0.2) is 4.39 Å². The standard InChI is InChI=1S/C14H18Cl2FN/c15-8-7-12-5-1-2-9-18(12)10-11-4-3-6-13(16)14(11)17/h3-4,6,12H,1-2,5,7-10H2. The second-order valence-corrected chi connectivity index (χ2v) is 5.60. The van der Waals surface area contributed by atoms with Gasteiger partial charge in [-0.1, -0.05) is 30.2 Å². The van der Waals surface area contributed by atoms with E-state index in [9.17, 15) is 4.39 Å². The van der Waals surface area contributed by atoms with E-state index < -0.39 is 0 Å². The smallest absolute Gasteiger partial charge is 0.146 e. The predicted octanol–water partition coefficient (Wildman–Crippen LogP) is 4.46. The number of rotatable bonds is 4. The third-order valence-corrected chi connectivity index (χ3v) is 4.11. The van der Waals surface area contributed by atoms with Crippen molar-refractivity contribution in [2.45, 2.75) is 38.3 Å². The molecule has 2 rings (SSSR count). The summed E-state index contributed by atoms with van der Waals surface area (Å²) in [5.74, 6) is 0.383. The fraction of sp³-hybridized carbons (Fsp3) is 0.571. The van der Waals surface area contributed by atoms with E-state index in [2.05, 4.69) is 4.90 Å². The van der Waals surface area contributed by atoms with Crippen molar-refractivity contribution < 1.29 is 4.39 Å². The lowest BCUT2D eigenvalue weighted by Gasteiger charge is -2.35. The summed E-state index contributed by atoms with van der Waals surface area (Å²) in [6, 6.07) is 5.69. The molecule has 0 aromatic heterocycles. The molecule has 1 aliphatic rings. The first kappa shape index (κ1) is 14.1. The number of hydrogen-bond donors (Lipinski definition) is 0. The molecule has 4 heteroatoms. The molecule has 1 nitrogen and oxygen atoms in total. The van der Waals surface area contributed by atoms with E-state index in [0.29, 0.717) is 24.0 Å². The van der Waals surface area contributed by atoms with Gasteiger partial charge in [0.15, 0.2) is 0 Å². The van der Waals surface area contributed by atoms with Gasteiger partial charge in [0.2, 0.25) is 0 Å². The summed E-state index contributed by atoms with van der Waals surface area (Å²) in [6.07, 6.45) is 4.57. The van der Waals surface area contributed by atoms with Crippen LogP contribution in [-0.2, 0) is 6.54 Å². The maximum Gasteiger partial charge on any atom is 0.146 e. The zero-order chi connectivity index (χ0) is 13.0. The van der Waals surface area contributed by atoms with Crippen molar-refractivity contribution in [3.63, 3.8) is 0 Å². The number of hydrogen-bond acceptors (Lipinski definition) is 1. The van der Waals surface area contributed by atoms with Crippen LogP contribution in [0.5, 0.6) is 0 Å². The van der Waals surface area contributed by atoms with E-state index in [0.717, 1.165) is 19.4 Å². The van der Waals surface area contributed by atoms with Crippen LogP contribution >= 0.6 is 23.2 Å². The summed E-state index contributed by atoms with van der Waals surface area (Å²) in [4.78, 5) is 2.33. The summed E-state index contributed by atoms with van der Waals surface area (Å²) in [7, 11) is 0. The highest BCUT2D eigenvalue weighted by Crippen LogP contribution is 2.25. The topological polar surface area (TPSA) is 3.24 Å². The highest BCUT2D eigenvalue weighted by Gasteiger charge is 2.22. The molecule has 1 atom stereocenters. The van der Waals surface area contributed by atoms with Crippen LogP contribution < -0.4 is 0 Å². The van der Waals surface area contributed by atoms with Gasteiger partial charge >= 0.3 is 0 Å². The lowest BCUT2D eigenvalue weighted by atomic mass is 9.99. The van der Waals surface area contributed by atoms with Crippen molar-refractivity contribution in [2.24, 2.45) is 0 Å². The predicted molar refractivity (Wildman–Crippen MR) is 74.8 cm³/mol. The molecule has 1 saturated heterocycles. The molecule has 18 heavy (non-hydrogen) atoms. The fourth-order valence-corrected chi connectivity index (χ4v) is 3.06. The van der Waals surface area contributed by atoms with E-state index >= 15 is 0 Å². The summed E-state index contributed by atoms with van der Waals surface area (Å²) in [5, 5.41) is 0.207. The van der Waals surface area contributed by atoms with Gasteiger partial charge in [0.05, 0.1) is 5.02 Å². The summed E-state index contributed by atoms with van der Waals surface area (Å²) in [5.41, 5.74) is 0.684. The van der Waals surface area contributed by atoms with Gasteiger partial charge in [0.25, 0.3) is 0 Å². The molecule has 0 spiro atoms. The molecule has 1 aromatic rings. The summed E-state index contributed by atoms with van der Waals surface area (Å²) >= 11 is 11.7. The Bertz CT molecular complexity index is 395. The largest absolute Gasteiger partial charge is 0.296 e. The SMILES string of the molecule is Fc1c(Cl)cccc1CN1CCCCC1CCCl. The molecule has 1 heterocycles. The minimum atomic E-state index is -0.283. The summed E-state index contributed by atoms with van der Waals surface area (Å²) in [6.45, 7) is 1.65. The van der Waals surface area contributed by atoms with E-state index in [-0.39, 0.29) is 10.8 Å². The van der Waals surface area contributed by atoms with Crippen LogP contribution in [-0.4, -0.2) is 23.4 Å². The minimum Gasteiger partial charge on any atom is -0.296 e. The molecule has 100 valence electrons. The van der Waals surface area contributed by atoms with Crippen molar-refractivity contribution in [3.05, 3.63) is 34.6 Å². The van der Waals surface area contributed by atoms with Crippen molar-refractivity contribution >= 4 is 23.2 Å². The molecule has 1 aliphatic heterocycles. The van der Waals surface area contributed by atoms with Gasteiger partial charge in [0.1, 0.15) is 5.82 Å². The number of benzene rings is 1. The van der Waals surface area contributed by atoms with E-state index in [1.165, 1.54) is 12.8 Å². The zero-order valence-electron chi connectivity index (χ0n) is 10.3. The van der Waals surface area contributed by atoms with Crippen molar-refractivity contribution in [3.8, 4) is 0 Å². The summed E-state index contributed by atoms with van der Waals surface area (Å²) < 4.78 is 13.9. The van der Waals surface area contributed by atoms with Crippen LogP contribution in [0.3, 0.4) is 0 Å². The molecule has 1 aromatic carbocycles. The monoisotopic (exact) mass is 289 g/mol. The Morgan fingerprint density at radius 2 is 2.17 bits per heavy atom. The van der Waals surface area contributed by atoms with E-state index in [4.69, 9.17) is 23.2 Å². The number of piperidine rings is 1. The van der Waals surface area contributed by atoms with Crippen molar-refractivity contribution in [1.29, 1.82) is 0 Å². The molecule has 0 saturated carbocycles. The molecular weight excluding hydrogens is 272 g/mol. The molecule has 0 radical (unpaired) electrons. The van der Waals surface area contributed by atoms with E-state index in [1.807, 2.05) is 6.07 Å². The normalized spacial score (nSPS) is 21.2. The third-order valence-electron chi connectivity index (χ3n) is 3.60. The number of alkyl halides is 1. The van der Waals surface area contributed by atoms with E-state index in [1.54, 1.807) is 12.1 Å². The number of likely N-dealkylation sites (tertiary alicyclic amines) is 1. The first-order valence-corrected chi connectivity index (χ1v) is 7.36. The maximum atomic E-state index is 13.9. The lowest BCUT2D eigenvalue weighted by molar-refractivity contribution is 0.135. The van der Waals surface area contributed by atoms with Gasteiger partial charge in [-0.15, -0.1) is 11.6 Å². The highest BCUT2D eigenvalue weighted by atomic mass is 35.5. The van der Waals surface area contributed by atoms with Gasteiger partial charge in [-0.2, -0.15) is 0 Å². The second kappa shape index (κ2) is 6.74. The highest BCUT2D eigenvalue weighted by molar-refractivity contribution is 6.30. The fourth-order valence-electron chi connectivity index (χ4n) is 2.61.